The lowest BCUT2D eigenvalue weighted by molar-refractivity contribution is 0.168. The molecule has 0 bridgehead atoms. The highest BCUT2D eigenvalue weighted by molar-refractivity contribution is 7.79. The predicted octanol–water partition coefficient (Wildman–Crippen LogP) is 3.61. The molecule has 3 N–H and O–H groups in total. The number of hydrogen-bond donors (Lipinski definition) is 3. The second-order valence-corrected chi connectivity index (χ2v) is 6.16. The van der Waals surface area contributed by atoms with Crippen LogP contribution in [0.5, 0.6) is 0 Å². The van der Waals surface area contributed by atoms with Gasteiger partial charge in [0.2, 0.25) is 0 Å². The van der Waals surface area contributed by atoms with E-state index in [4.69, 9.17) is 22.3 Å². The van der Waals surface area contributed by atoms with Crippen molar-refractivity contribution < 1.29 is 27.1 Å². The zero-order valence-corrected chi connectivity index (χ0v) is 14.9. The minimum atomic E-state index is -4.67. The van der Waals surface area contributed by atoms with Crippen molar-refractivity contribution in [2.24, 2.45) is 0 Å². The maximum absolute atomic E-state index is 11.5. The minimum Gasteiger partial charge on any atom is -0.450 e. The van der Waals surface area contributed by atoms with Crippen molar-refractivity contribution in [3.05, 3.63) is 48.2 Å². The zero-order valence-electron chi connectivity index (χ0n) is 14.1. The summed E-state index contributed by atoms with van der Waals surface area (Å²) in [5.41, 5.74) is 2.65. The van der Waals surface area contributed by atoms with E-state index in [0.29, 0.717) is 6.61 Å². The van der Waals surface area contributed by atoms with Crippen LogP contribution in [0.3, 0.4) is 0 Å². The Bertz CT molecular complexity index is 1040. The molecule has 0 fully saturated rings. The van der Waals surface area contributed by atoms with Crippen molar-refractivity contribution in [2.75, 3.05) is 11.9 Å². The first-order valence-corrected chi connectivity index (χ1v) is 9.01. The Balaban J connectivity index is 0.000000431. The van der Waals surface area contributed by atoms with Crippen LogP contribution in [0.15, 0.2) is 42.5 Å². The second kappa shape index (κ2) is 8.09. The van der Waals surface area contributed by atoms with Crippen LogP contribution < -0.4 is 5.32 Å². The predicted molar refractivity (Wildman–Crippen MR) is 98.8 cm³/mol. The summed E-state index contributed by atoms with van der Waals surface area (Å²) < 4.78 is 36.5. The van der Waals surface area contributed by atoms with Gasteiger partial charge in [-0.1, -0.05) is 24.3 Å². The highest BCUT2D eigenvalue weighted by Gasteiger charge is 2.08. The standard InChI is InChI=1S/C17H16N2O2.H2O4S/c1-3-21-17(20)19-12-8-9-13-11(2)18-16-7-5-4-6-14(16)15(13)10-12;1-5(2,3)4/h4-10H,3H2,1-2H3,(H,19,20);(H2,1,2,3,4). The Kier molecular flexibility index (Phi) is 6.09. The van der Waals surface area contributed by atoms with E-state index in [1.54, 1.807) is 6.92 Å². The number of aryl methyl sites for hydroxylation is 1. The van der Waals surface area contributed by atoms with E-state index in [0.717, 1.165) is 33.1 Å². The fourth-order valence-electron chi connectivity index (χ4n) is 2.49. The van der Waals surface area contributed by atoms with Crippen LogP contribution in [0.1, 0.15) is 12.6 Å². The quantitative estimate of drug-likeness (QED) is 0.459. The summed E-state index contributed by atoms with van der Waals surface area (Å²) in [6.07, 6.45) is -0.438. The topological polar surface area (TPSA) is 126 Å². The summed E-state index contributed by atoms with van der Waals surface area (Å²) in [6.45, 7) is 4.13. The number of aromatic nitrogens is 1. The SMILES string of the molecule is CCOC(=O)Nc1ccc2c(C)nc3ccccc3c2c1.O=S(=O)(O)O. The first-order chi connectivity index (χ1) is 12.2. The number of ether oxygens (including phenoxy) is 1. The second-order valence-electron chi connectivity index (χ2n) is 5.27. The molecule has 26 heavy (non-hydrogen) atoms. The number of rotatable bonds is 2. The summed E-state index contributed by atoms with van der Waals surface area (Å²) in [5.74, 6) is 0. The molecule has 0 spiro atoms. The number of nitrogens with one attached hydrogen (secondary N) is 1. The van der Waals surface area contributed by atoms with Gasteiger partial charge in [0.25, 0.3) is 0 Å². The average Bonchev–Trinajstić information content (AvgIpc) is 2.53. The smallest absolute Gasteiger partial charge is 0.411 e. The van der Waals surface area contributed by atoms with Crippen molar-refractivity contribution in [1.29, 1.82) is 0 Å². The lowest BCUT2D eigenvalue weighted by atomic mass is 10.0. The number of carbonyl (C=O) groups excluding carboxylic acids is 1. The lowest BCUT2D eigenvalue weighted by Gasteiger charge is -2.10. The number of hydrogen-bond acceptors (Lipinski definition) is 5. The van der Waals surface area contributed by atoms with Crippen LogP contribution in [0.25, 0.3) is 21.7 Å². The molecule has 3 rings (SSSR count). The third kappa shape index (κ3) is 5.38. The number of amides is 1. The molecule has 0 aliphatic heterocycles. The highest BCUT2D eigenvalue weighted by Crippen LogP contribution is 2.28. The molecule has 138 valence electrons. The fourth-order valence-corrected chi connectivity index (χ4v) is 2.49. The van der Waals surface area contributed by atoms with Crippen molar-refractivity contribution in [1.82, 2.24) is 4.98 Å². The van der Waals surface area contributed by atoms with E-state index in [1.807, 2.05) is 49.4 Å². The van der Waals surface area contributed by atoms with Gasteiger partial charge in [0, 0.05) is 22.2 Å². The minimum absolute atomic E-state index is 0.353. The first-order valence-electron chi connectivity index (χ1n) is 7.62. The summed E-state index contributed by atoms with van der Waals surface area (Å²) in [7, 11) is -4.67. The van der Waals surface area contributed by atoms with Crippen molar-refractivity contribution in [3.8, 4) is 0 Å². The molecular formula is C17H18N2O6S. The Morgan fingerprint density at radius 3 is 2.42 bits per heavy atom. The normalized spacial score (nSPS) is 10.9. The third-order valence-electron chi connectivity index (χ3n) is 3.41. The number of pyridine rings is 1. The molecule has 0 aliphatic carbocycles. The summed E-state index contributed by atoms with van der Waals surface area (Å²) in [6, 6.07) is 13.8. The van der Waals surface area contributed by atoms with Gasteiger partial charge < -0.3 is 4.74 Å². The Morgan fingerprint density at radius 1 is 1.12 bits per heavy atom. The number of anilines is 1. The molecule has 1 amide bonds. The average molecular weight is 378 g/mol. The largest absolute Gasteiger partial charge is 0.450 e. The Labute approximate surface area is 150 Å². The van der Waals surface area contributed by atoms with E-state index in [2.05, 4.69) is 10.3 Å². The van der Waals surface area contributed by atoms with E-state index < -0.39 is 16.5 Å². The van der Waals surface area contributed by atoms with Gasteiger partial charge in [-0.05, 0) is 37.4 Å². The van der Waals surface area contributed by atoms with Gasteiger partial charge >= 0.3 is 16.5 Å². The molecule has 2 aromatic carbocycles. The molecule has 0 saturated carbocycles. The van der Waals surface area contributed by atoms with E-state index in [1.165, 1.54) is 0 Å². The molecule has 0 saturated heterocycles. The van der Waals surface area contributed by atoms with Crippen molar-refractivity contribution >= 4 is 43.9 Å². The molecule has 3 aromatic rings. The fraction of sp³-hybridized carbons (Fsp3) is 0.176. The number of nitrogens with zero attached hydrogens (tertiary/aromatic N) is 1. The van der Waals surface area contributed by atoms with E-state index >= 15 is 0 Å². The van der Waals surface area contributed by atoms with Crippen LogP contribution in [0.4, 0.5) is 10.5 Å². The monoisotopic (exact) mass is 378 g/mol. The third-order valence-corrected chi connectivity index (χ3v) is 3.41. The van der Waals surface area contributed by atoms with Crippen molar-refractivity contribution in [2.45, 2.75) is 13.8 Å². The number of benzene rings is 2. The Morgan fingerprint density at radius 2 is 1.77 bits per heavy atom. The van der Waals surface area contributed by atoms with E-state index in [9.17, 15) is 4.79 Å². The van der Waals surface area contributed by atoms with Crippen LogP contribution in [-0.2, 0) is 15.1 Å². The molecule has 0 aliphatic rings. The first kappa shape index (κ1) is 19.6. The molecule has 8 nitrogen and oxygen atoms in total. The maximum atomic E-state index is 11.5. The van der Waals surface area contributed by atoms with Gasteiger partial charge in [0.05, 0.1) is 12.1 Å². The molecule has 9 heteroatoms. The maximum Gasteiger partial charge on any atom is 0.411 e. The Hall–Kier alpha value is -2.75. The molecule has 1 aromatic heterocycles. The number of para-hydroxylation sites is 1. The summed E-state index contributed by atoms with van der Waals surface area (Å²) in [5, 5.41) is 5.97. The van der Waals surface area contributed by atoms with E-state index in [-0.39, 0.29) is 0 Å². The molecule has 1 heterocycles. The number of carbonyl (C=O) groups is 1. The van der Waals surface area contributed by atoms with Crippen LogP contribution in [0.2, 0.25) is 0 Å². The molecule has 0 atom stereocenters. The van der Waals surface area contributed by atoms with Gasteiger partial charge in [-0.2, -0.15) is 8.42 Å². The van der Waals surface area contributed by atoms with Crippen LogP contribution in [-0.4, -0.2) is 35.2 Å². The molecular weight excluding hydrogens is 360 g/mol. The van der Waals surface area contributed by atoms with Gasteiger partial charge in [0.15, 0.2) is 0 Å². The van der Waals surface area contributed by atoms with Gasteiger partial charge in [-0.25, -0.2) is 4.79 Å². The van der Waals surface area contributed by atoms with Crippen LogP contribution in [0, 0.1) is 6.92 Å². The molecule has 0 unspecified atom stereocenters. The number of fused-ring (bicyclic) bond motifs is 3. The van der Waals surface area contributed by atoms with Gasteiger partial charge in [-0.3, -0.25) is 19.4 Å². The van der Waals surface area contributed by atoms with Gasteiger partial charge in [-0.15, -0.1) is 0 Å². The van der Waals surface area contributed by atoms with Crippen LogP contribution >= 0.6 is 0 Å². The van der Waals surface area contributed by atoms with Gasteiger partial charge in [0.1, 0.15) is 0 Å². The van der Waals surface area contributed by atoms with Crippen molar-refractivity contribution in [3.63, 3.8) is 0 Å². The summed E-state index contributed by atoms with van der Waals surface area (Å²) >= 11 is 0. The lowest BCUT2D eigenvalue weighted by Crippen LogP contribution is -2.13. The highest BCUT2D eigenvalue weighted by atomic mass is 32.3. The summed E-state index contributed by atoms with van der Waals surface area (Å²) in [4.78, 5) is 16.1. The zero-order chi connectivity index (χ0) is 19.3. The molecule has 0 radical (unpaired) electrons.